The lowest BCUT2D eigenvalue weighted by Gasteiger charge is -2.17. The quantitative estimate of drug-likeness (QED) is 0.512. The minimum Gasteiger partial charge on any atom is -0.481 e. The predicted molar refractivity (Wildman–Crippen MR) is 122 cm³/mol. The van der Waals surface area contributed by atoms with Gasteiger partial charge < -0.3 is 20.5 Å². The molecule has 0 aliphatic heterocycles. The van der Waals surface area contributed by atoms with Crippen LogP contribution in [0.5, 0.6) is 0 Å². The number of benzene rings is 2. The number of carboxylic acid groups (broad SMARTS) is 1. The van der Waals surface area contributed by atoms with Gasteiger partial charge in [0.2, 0.25) is 5.91 Å². The van der Waals surface area contributed by atoms with Gasteiger partial charge in [0.25, 0.3) is 0 Å². The third-order valence-electron chi connectivity index (χ3n) is 5.50. The van der Waals surface area contributed by atoms with Gasteiger partial charge >= 0.3 is 12.1 Å². The molecule has 0 saturated heterocycles. The number of nitrogens with one attached hydrogen (secondary N) is 2. The molecule has 1 heterocycles. The molecule has 3 N–H and O–H groups in total. The van der Waals surface area contributed by atoms with Crippen molar-refractivity contribution in [2.24, 2.45) is 0 Å². The van der Waals surface area contributed by atoms with Gasteiger partial charge in [0.05, 0.1) is 24.0 Å². The Bertz CT molecular complexity index is 1150. The van der Waals surface area contributed by atoms with Crippen molar-refractivity contribution in [3.8, 4) is 11.1 Å². The molecule has 2 amide bonds. The summed E-state index contributed by atoms with van der Waals surface area (Å²) in [5.41, 5.74) is 5.27. The Hall–Kier alpha value is -4.20. The number of carboxylic acids is 1. The molecule has 0 saturated carbocycles. The largest absolute Gasteiger partial charge is 0.481 e. The molecule has 1 aromatic heterocycles. The number of hydrogen-bond acceptors (Lipinski definition) is 5. The third kappa shape index (κ3) is 5.01. The highest BCUT2D eigenvalue weighted by Gasteiger charge is 2.29. The Morgan fingerprint density at radius 1 is 1.00 bits per heavy atom. The normalized spacial score (nSPS) is 12.9. The molecule has 0 fully saturated rings. The molecule has 0 bridgehead atoms. The number of carbonyl (C=O) groups is 3. The molecule has 2 aromatic carbocycles. The van der Waals surface area contributed by atoms with Crippen LogP contribution < -0.4 is 10.6 Å². The van der Waals surface area contributed by atoms with E-state index in [9.17, 15) is 14.4 Å². The highest BCUT2D eigenvalue weighted by Crippen LogP contribution is 2.44. The van der Waals surface area contributed by atoms with E-state index in [0.717, 1.165) is 22.3 Å². The number of fused-ring (bicyclic) bond motifs is 3. The Morgan fingerprint density at radius 3 is 2.21 bits per heavy atom. The van der Waals surface area contributed by atoms with Gasteiger partial charge in [-0.3, -0.25) is 14.6 Å². The average molecular weight is 445 g/mol. The van der Waals surface area contributed by atoms with E-state index < -0.39 is 24.0 Å². The summed E-state index contributed by atoms with van der Waals surface area (Å²) in [4.78, 5) is 39.5. The summed E-state index contributed by atoms with van der Waals surface area (Å²) in [5.74, 6) is -1.50. The van der Waals surface area contributed by atoms with Crippen molar-refractivity contribution in [1.29, 1.82) is 0 Å². The number of rotatable bonds is 7. The zero-order valence-electron chi connectivity index (χ0n) is 17.9. The van der Waals surface area contributed by atoms with Crippen LogP contribution >= 0.6 is 0 Å². The number of carbonyl (C=O) groups excluding carboxylic acids is 2. The maximum atomic E-state index is 12.4. The smallest absolute Gasteiger partial charge is 0.407 e. The Kier molecular flexibility index (Phi) is 6.35. The van der Waals surface area contributed by atoms with E-state index in [0.29, 0.717) is 11.4 Å². The van der Waals surface area contributed by atoms with Crippen molar-refractivity contribution in [2.45, 2.75) is 25.3 Å². The lowest BCUT2D eigenvalue weighted by molar-refractivity contribution is -0.136. The molecule has 8 nitrogen and oxygen atoms in total. The first-order valence-electron chi connectivity index (χ1n) is 10.5. The number of alkyl carbamates (subject to hydrolysis) is 1. The topological polar surface area (TPSA) is 118 Å². The van der Waals surface area contributed by atoms with E-state index in [2.05, 4.69) is 27.8 Å². The average Bonchev–Trinajstić information content (AvgIpc) is 3.12. The predicted octanol–water partition coefficient (Wildman–Crippen LogP) is 3.57. The van der Waals surface area contributed by atoms with Crippen molar-refractivity contribution in [3.63, 3.8) is 0 Å². The van der Waals surface area contributed by atoms with Gasteiger partial charge in [-0.15, -0.1) is 0 Å². The Morgan fingerprint density at radius 2 is 1.64 bits per heavy atom. The second kappa shape index (κ2) is 9.52. The number of anilines is 1. The first-order valence-corrected chi connectivity index (χ1v) is 10.5. The number of nitrogens with zero attached hydrogens (tertiary/aromatic N) is 1. The molecule has 1 atom stereocenters. The highest BCUT2D eigenvalue weighted by atomic mass is 16.5. The summed E-state index contributed by atoms with van der Waals surface area (Å²) in [5, 5.41) is 14.0. The minimum absolute atomic E-state index is 0.0670. The number of hydrogen-bond donors (Lipinski definition) is 3. The van der Waals surface area contributed by atoms with Crippen molar-refractivity contribution in [2.75, 3.05) is 11.9 Å². The molecule has 8 heteroatoms. The summed E-state index contributed by atoms with van der Waals surface area (Å²) in [6.45, 7) is 1.70. The van der Waals surface area contributed by atoms with Crippen molar-refractivity contribution in [3.05, 3.63) is 83.7 Å². The van der Waals surface area contributed by atoms with E-state index in [1.165, 1.54) is 12.3 Å². The number of pyridine rings is 1. The number of aliphatic carboxylic acids is 1. The van der Waals surface area contributed by atoms with E-state index >= 15 is 0 Å². The van der Waals surface area contributed by atoms with E-state index in [1.807, 2.05) is 36.4 Å². The SMILES string of the molecule is C[C@H](NC(=O)OCC1c2ccccc2-c2ccccc21)C(=O)Nc1ccc(CC(=O)O)nc1. The van der Waals surface area contributed by atoms with Gasteiger partial charge in [-0.2, -0.15) is 0 Å². The lowest BCUT2D eigenvalue weighted by Crippen LogP contribution is -2.42. The van der Waals surface area contributed by atoms with Gasteiger partial charge in [0, 0.05) is 5.92 Å². The summed E-state index contributed by atoms with van der Waals surface area (Å²) in [6.07, 6.45) is 0.485. The highest BCUT2D eigenvalue weighted by molar-refractivity contribution is 5.96. The molecular weight excluding hydrogens is 422 g/mol. The van der Waals surface area contributed by atoms with Gasteiger partial charge in [-0.05, 0) is 41.3 Å². The summed E-state index contributed by atoms with van der Waals surface area (Å²) < 4.78 is 5.47. The Labute approximate surface area is 190 Å². The van der Waals surface area contributed by atoms with Gasteiger partial charge in [0.15, 0.2) is 0 Å². The minimum atomic E-state index is -0.986. The second-order valence-electron chi connectivity index (χ2n) is 7.79. The van der Waals surface area contributed by atoms with E-state index in [-0.39, 0.29) is 18.9 Å². The van der Waals surface area contributed by atoms with E-state index in [1.54, 1.807) is 13.0 Å². The van der Waals surface area contributed by atoms with Crippen molar-refractivity contribution >= 4 is 23.7 Å². The lowest BCUT2D eigenvalue weighted by atomic mass is 9.98. The van der Waals surface area contributed by atoms with Crippen LogP contribution in [0.1, 0.15) is 29.7 Å². The maximum Gasteiger partial charge on any atom is 0.407 e. The monoisotopic (exact) mass is 445 g/mol. The fourth-order valence-corrected chi connectivity index (χ4v) is 3.89. The molecule has 4 rings (SSSR count). The van der Waals surface area contributed by atoms with E-state index in [4.69, 9.17) is 9.84 Å². The number of ether oxygens (including phenoxy) is 1. The molecule has 0 unspecified atom stereocenters. The fourth-order valence-electron chi connectivity index (χ4n) is 3.89. The number of amides is 2. The van der Waals surface area contributed by atoms with Gasteiger partial charge in [0.1, 0.15) is 12.6 Å². The van der Waals surface area contributed by atoms with Crippen molar-refractivity contribution in [1.82, 2.24) is 10.3 Å². The first kappa shape index (κ1) is 22.0. The van der Waals surface area contributed by atoms with Crippen LogP contribution in [0, 0.1) is 0 Å². The zero-order valence-corrected chi connectivity index (χ0v) is 17.9. The summed E-state index contributed by atoms with van der Waals surface area (Å²) in [6, 6.07) is 18.3. The van der Waals surface area contributed by atoms with Crippen LogP contribution in [-0.2, 0) is 20.7 Å². The molecule has 1 aliphatic rings. The second-order valence-corrected chi connectivity index (χ2v) is 7.79. The van der Waals surface area contributed by atoms with Crippen LogP contribution in [0.4, 0.5) is 10.5 Å². The van der Waals surface area contributed by atoms with Crippen LogP contribution in [0.25, 0.3) is 11.1 Å². The number of aromatic nitrogens is 1. The molecule has 33 heavy (non-hydrogen) atoms. The van der Waals surface area contributed by atoms with Crippen LogP contribution in [-0.4, -0.2) is 40.7 Å². The molecule has 3 aromatic rings. The fraction of sp³-hybridized carbons (Fsp3) is 0.200. The summed E-state index contributed by atoms with van der Waals surface area (Å²) >= 11 is 0. The molecule has 0 radical (unpaired) electrons. The third-order valence-corrected chi connectivity index (χ3v) is 5.50. The van der Waals surface area contributed by atoms with Gasteiger partial charge in [-0.1, -0.05) is 48.5 Å². The maximum absolute atomic E-state index is 12.4. The van der Waals surface area contributed by atoms with Crippen molar-refractivity contribution < 1.29 is 24.2 Å². The molecule has 0 spiro atoms. The standard InChI is InChI=1S/C25H23N3O5/c1-15(24(31)28-17-11-10-16(26-13-17)12-23(29)30)27-25(32)33-14-22-20-8-4-2-6-18(20)19-7-3-5-9-21(19)22/h2-11,13,15,22H,12,14H2,1H3,(H,27,32)(H,28,31)(H,29,30)/t15-/m0/s1. The Balaban J connectivity index is 1.32. The van der Waals surface area contributed by atoms with Crippen LogP contribution in [0.3, 0.4) is 0 Å². The molecular formula is C25H23N3O5. The van der Waals surface area contributed by atoms with Crippen LogP contribution in [0.2, 0.25) is 0 Å². The molecule has 1 aliphatic carbocycles. The first-order chi connectivity index (χ1) is 15.9. The summed E-state index contributed by atoms with van der Waals surface area (Å²) in [7, 11) is 0. The zero-order chi connectivity index (χ0) is 23.4. The van der Waals surface area contributed by atoms with Gasteiger partial charge in [-0.25, -0.2) is 4.79 Å². The molecule has 168 valence electrons. The van der Waals surface area contributed by atoms with Crippen LogP contribution in [0.15, 0.2) is 66.9 Å².